The molecular formula is C23H25N5. The number of hydrogen-bond donors (Lipinski definition) is 0. The summed E-state index contributed by atoms with van der Waals surface area (Å²) in [5, 5.41) is 4.53. The Morgan fingerprint density at radius 3 is 2.54 bits per heavy atom. The lowest BCUT2D eigenvalue weighted by Gasteiger charge is -2.26. The summed E-state index contributed by atoms with van der Waals surface area (Å²) in [6.45, 7) is 8.16. The van der Waals surface area contributed by atoms with Crippen molar-refractivity contribution in [3.63, 3.8) is 0 Å². The Balaban J connectivity index is 1.59. The van der Waals surface area contributed by atoms with E-state index in [-0.39, 0.29) is 0 Å². The third kappa shape index (κ3) is 3.80. The highest BCUT2D eigenvalue weighted by Gasteiger charge is 2.15. The summed E-state index contributed by atoms with van der Waals surface area (Å²) >= 11 is 0. The van der Waals surface area contributed by atoms with Gasteiger partial charge in [0.05, 0.1) is 11.9 Å². The molecule has 0 spiro atoms. The largest absolute Gasteiger partial charge is 0.291 e. The van der Waals surface area contributed by atoms with Gasteiger partial charge in [-0.2, -0.15) is 5.10 Å². The third-order valence-electron chi connectivity index (χ3n) is 5.08. The number of aryl methyl sites for hydroxylation is 1. The van der Waals surface area contributed by atoms with Crippen molar-refractivity contribution in [1.82, 2.24) is 24.5 Å². The van der Waals surface area contributed by atoms with Gasteiger partial charge in [-0.25, -0.2) is 9.50 Å². The van der Waals surface area contributed by atoms with Crippen molar-refractivity contribution >= 4 is 5.65 Å². The zero-order chi connectivity index (χ0) is 19.5. The molecule has 0 fully saturated rings. The molecule has 0 saturated heterocycles. The van der Waals surface area contributed by atoms with E-state index in [0.29, 0.717) is 6.04 Å². The maximum atomic E-state index is 4.71. The Morgan fingerprint density at radius 2 is 1.79 bits per heavy atom. The molecule has 0 saturated carbocycles. The molecule has 0 N–H and O–H groups in total. The van der Waals surface area contributed by atoms with Gasteiger partial charge < -0.3 is 0 Å². The minimum atomic E-state index is 0.398. The molecule has 0 radical (unpaired) electrons. The predicted molar refractivity (Wildman–Crippen MR) is 112 cm³/mol. The molecule has 3 heterocycles. The molecule has 142 valence electrons. The zero-order valence-corrected chi connectivity index (χ0v) is 16.6. The summed E-state index contributed by atoms with van der Waals surface area (Å²) in [6.07, 6.45) is 7.79. The van der Waals surface area contributed by atoms with Crippen molar-refractivity contribution in [1.29, 1.82) is 0 Å². The smallest absolute Gasteiger partial charge is 0.162 e. The van der Waals surface area contributed by atoms with Crippen LogP contribution in [0.4, 0.5) is 0 Å². The van der Waals surface area contributed by atoms with Crippen molar-refractivity contribution in [2.75, 3.05) is 0 Å². The Hall–Kier alpha value is -3.05. The van der Waals surface area contributed by atoms with Crippen LogP contribution in [0.3, 0.4) is 0 Å². The average Bonchev–Trinajstić information content (AvgIpc) is 3.13. The summed E-state index contributed by atoms with van der Waals surface area (Å²) in [4.78, 5) is 11.7. The summed E-state index contributed by atoms with van der Waals surface area (Å²) in [5.41, 5.74) is 6.55. The first kappa shape index (κ1) is 18.3. The molecule has 0 amide bonds. The monoisotopic (exact) mass is 371 g/mol. The molecule has 0 atom stereocenters. The number of hydrogen-bond acceptors (Lipinski definition) is 4. The quantitative estimate of drug-likeness (QED) is 0.500. The van der Waals surface area contributed by atoms with Crippen molar-refractivity contribution in [2.24, 2.45) is 0 Å². The molecule has 4 aromatic rings. The number of benzene rings is 1. The summed E-state index contributed by atoms with van der Waals surface area (Å²) in [6, 6.07) is 14.8. The first-order valence-electron chi connectivity index (χ1n) is 9.64. The van der Waals surface area contributed by atoms with Crippen molar-refractivity contribution in [3.8, 4) is 11.1 Å². The van der Waals surface area contributed by atoms with E-state index in [0.717, 1.165) is 41.1 Å². The van der Waals surface area contributed by atoms with Gasteiger partial charge in [0.2, 0.25) is 0 Å². The molecule has 5 heteroatoms. The first-order valence-corrected chi connectivity index (χ1v) is 9.64. The zero-order valence-electron chi connectivity index (χ0n) is 16.6. The van der Waals surface area contributed by atoms with Crippen molar-refractivity contribution in [3.05, 3.63) is 84.1 Å². The molecule has 0 unspecified atom stereocenters. The minimum absolute atomic E-state index is 0.398. The maximum absolute atomic E-state index is 4.71. The minimum Gasteiger partial charge on any atom is -0.291 e. The van der Waals surface area contributed by atoms with E-state index in [1.807, 2.05) is 47.4 Å². The van der Waals surface area contributed by atoms with E-state index in [1.165, 1.54) is 5.56 Å². The highest BCUT2D eigenvalue weighted by Crippen LogP contribution is 2.23. The van der Waals surface area contributed by atoms with E-state index in [4.69, 9.17) is 4.98 Å². The molecule has 1 aromatic carbocycles. The van der Waals surface area contributed by atoms with E-state index in [1.54, 1.807) is 0 Å². The van der Waals surface area contributed by atoms with Crippen LogP contribution in [0.25, 0.3) is 16.8 Å². The molecule has 5 nitrogen and oxygen atoms in total. The Labute approximate surface area is 165 Å². The Bertz CT molecular complexity index is 1070. The maximum Gasteiger partial charge on any atom is 0.162 e. The number of nitrogens with zero attached hydrogens (tertiary/aromatic N) is 5. The van der Waals surface area contributed by atoms with Crippen LogP contribution in [0, 0.1) is 6.92 Å². The standard InChI is InChI=1S/C23H25N5/c1-17(2)27(16-22-18(3)8-7-11-24-22)14-19-12-25-23-21(13-26-28(23)15-19)20-9-5-4-6-10-20/h4-13,15,17H,14,16H2,1-3H3. The first-order chi connectivity index (χ1) is 13.6. The van der Waals surface area contributed by atoms with Crippen LogP contribution < -0.4 is 0 Å². The Morgan fingerprint density at radius 1 is 0.964 bits per heavy atom. The van der Waals surface area contributed by atoms with Crippen LogP contribution in [-0.4, -0.2) is 30.5 Å². The lowest BCUT2D eigenvalue weighted by Crippen LogP contribution is -2.30. The lowest BCUT2D eigenvalue weighted by atomic mass is 10.1. The van der Waals surface area contributed by atoms with Crippen LogP contribution in [0.15, 0.2) is 67.3 Å². The molecule has 0 aliphatic carbocycles. The fourth-order valence-corrected chi connectivity index (χ4v) is 3.35. The van der Waals surface area contributed by atoms with Gasteiger partial charge in [-0.05, 0) is 38.0 Å². The normalized spacial score (nSPS) is 11.6. The second-order valence-corrected chi connectivity index (χ2v) is 7.42. The second kappa shape index (κ2) is 7.90. The summed E-state index contributed by atoms with van der Waals surface area (Å²) in [5.74, 6) is 0. The van der Waals surface area contributed by atoms with Gasteiger partial charge >= 0.3 is 0 Å². The number of pyridine rings is 1. The predicted octanol–water partition coefficient (Wildman–Crippen LogP) is 4.51. The van der Waals surface area contributed by atoms with Gasteiger partial charge in [0.25, 0.3) is 0 Å². The summed E-state index contributed by atoms with van der Waals surface area (Å²) < 4.78 is 1.88. The van der Waals surface area contributed by atoms with Gasteiger partial charge in [-0.1, -0.05) is 36.4 Å². The third-order valence-corrected chi connectivity index (χ3v) is 5.08. The molecule has 4 rings (SSSR count). The fraction of sp³-hybridized carbons (Fsp3) is 0.261. The molecule has 0 bridgehead atoms. The van der Waals surface area contributed by atoms with Crippen LogP contribution in [0.2, 0.25) is 0 Å². The van der Waals surface area contributed by atoms with E-state index in [9.17, 15) is 0 Å². The van der Waals surface area contributed by atoms with Crippen LogP contribution in [-0.2, 0) is 13.1 Å². The van der Waals surface area contributed by atoms with Crippen molar-refractivity contribution < 1.29 is 0 Å². The van der Waals surface area contributed by atoms with Crippen LogP contribution in [0.5, 0.6) is 0 Å². The van der Waals surface area contributed by atoms with E-state index >= 15 is 0 Å². The number of rotatable bonds is 6. The highest BCUT2D eigenvalue weighted by molar-refractivity contribution is 5.76. The topological polar surface area (TPSA) is 46.3 Å². The molecule has 3 aromatic heterocycles. The van der Waals surface area contributed by atoms with E-state index < -0.39 is 0 Å². The van der Waals surface area contributed by atoms with Gasteiger partial charge in [0, 0.05) is 48.8 Å². The Kier molecular flexibility index (Phi) is 5.17. The molecular weight excluding hydrogens is 346 g/mol. The van der Waals surface area contributed by atoms with Gasteiger partial charge in [0.1, 0.15) is 0 Å². The van der Waals surface area contributed by atoms with Crippen LogP contribution in [0.1, 0.15) is 30.7 Å². The summed E-state index contributed by atoms with van der Waals surface area (Å²) in [7, 11) is 0. The highest BCUT2D eigenvalue weighted by atomic mass is 15.2. The lowest BCUT2D eigenvalue weighted by molar-refractivity contribution is 0.200. The van der Waals surface area contributed by atoms with Gasteiger partial charge in [-0.15, -0.1) is 0 Å². The molecule has 28 heavy (non-hydrogen) atoms. The number of fused-ring (bicyclic) bond motifs is 1. The second-order valence-electron chi connectivity index (χ2n) is 7.42. The average molecular weight is 371 g/mol. The van der Waals surface area contributed by atoms with Gasteiger partial charge in [-0.3, -0.25) is 9.88 Å². The molecule has 0 aliphatic rings. The number of aromatic nitrogens is 4. The van der Waals surface area contributed by atoms with Crippen LogP contribution >= 0.6 is 0 Å². The SMILES string of the molecule is Cc1cccnc1CN(Cc1cnc2c(-c3ccccc3)cnn2c1)C(C)C. The van der Waals surface area contributed by atoms with Crippen molar-refractivity contribution in [2.45, 2.75) is 39.9 Å². The molecule has 0 aliphatic heterocycles. The van der Waals surface area contributed by atoms with E-state index in [2.05, 4.69) is 60.1 Å². The van der Waals surface area contributed by atoms with Gasteiger partial charge in [0.15, 0.2) is 5.65 Å². The fourth-order valence-electron chi connectivity index (χ4n) is 3.35.